The standard InChI is InChI=1S/C11H18O2/c1-4-8(2)11-6-5-10(11)7-13-9(3)12/h4,8,10-11H,1,5-7H2,2-3H3/t8?,10-,11-/m0/s1. The molecule has 0 heterocycles. The molecular weight excluding hydrogens is 164 g/mol. The summed E-state index contributed by atoms with van der Waals surface area (Å²) in [6.07, 6.45) is 4.43. The van der Waals surface area contributed by atoms with Crippen LogP contribution >= 0.6 is 0 Å². The van der Waals surface area contributed by atoms with Crippen LogP contribution in [-0.2, 0) is 9.53 Å². The molecule has 2 heteroatoms. The topological polar surface area (TPSA) is 26.3 Å². The highest BCUT2D eigenvalue weighted by atomic mass is 16.5. The molecule has 0 N–H and O–H groups in total. The highest BCUT2D eigenvalue weighted by Crippen LogP contribution is 2.40. The van der Waals surface area contributed by atoms with Crippen LogP contribution in [0.3, 0.4) is 0 Å². The van der Waals surface area contributed by atoms with E-state index < -0.39 is 0 Å². The number of carbonyl (C=O) groups is 1. The first-order valence-electron chi connectivity index (χ1n) is 4.91. The molecule has 0 amide bonds. The van der Waals surface area contributed by atoms with Gasteiger partial charge in [-0.25, -0.2) is 0 Å². The van der Waals surface area contributed by atoms with Crippen molar-refractivity contribution in [2.75, 3.05) is 6.61 Å². The first-order valence-corrected chi connectivity index (χ1v) is 4.91. The average Bonchev–Trinajstić information content (AvgIpc) is 2.01. The third kappa shape index (κ3) is 2.58. The minimum Gasteiger partial charge on any atom is -0.466 e. The summed E-state index contributed by atoms with van der Waals surface area (Å²) in [5.41, 5.74) is 0. The fourth-order valence-electron chi connectivity index (χ4n) is 1.89. The molecule has 0 bridgehead atoms. The Morgan fingerprint density at radius 1 is 1.69 bits per heavy atom. The summed E-state index contributed by atoms with van der Waals surface area (Å²) in [7, 11) is 0. The quantitative estimate of drug-likeness (QED) is 0.493. The Labute approximate surface area is 80.0 Å². The van der Waals surface area contributed by atoms with Crippen molar-refractivity contribution in [3.63, 3.8) is 0 Å². The van der Waals surface area contributed by atoms with Gasteiger partial charge in [0.2, 0.25) is 0 Å². The molecule has 0 aromatic rings. The molecule has 1 aliphatic rings. The first-order chi connectivity index (χ1) is 6.15. The van der Waals surface area contributed by atoms with Gasteiger partial charge in [0, 0.05) is 6.92 Å². The maximum atomic E-state index is 10.6. The second-order valence-electron chi connectivity index (χ2n) is 3.90. The van der Waals surface area contributed by atoms with Gasteiger partial charge in [-0.3, -0.25) is 4.79 Å². The molecule has 1 fully saturated rings. The first kappa shape index (κ1) is 10.3. The van der Waals surface area contributed by atoms with Crippen LogP contribution in [0.4, 0.5) is 0 Å². The molecule has 3 atom stereocenters. The van der Waals surface area contributed by atoms with Gasteiger partial charge in [0.1, 0.15) is 0 Å². The second-order valence-corrected chi connectivity index (χ2v) is 3.90. The third-order valence-corrected chi connectivity index (χ3v) is 3.02. The van der Waals surface area contributed by atoms with Crippen molar-refractivity contribution < 1.29 is 9.53 Å². The van der Waals surface area contributed by atoms with Crippen LogP contribution in [0, 0.1) is 17.8 Å². The third-order valence-electron chi connectivity index (χ3n) is 3.02. The fourth-order valence-corrected chi connectivity index (χ4v) is 1.89. The molecule has 1 aliphatic carbocycles. The average molecular weight is 182 g/mol. The van der Waals surface area contributed by atoms with Crippen molar-refractivity contribution in [2.45, 2.75) is 26.7 Å². The summed E-state index contributed by atoms with van der Waals surface area (Å²) < 4.78 is 5.00. The van der Waals surface area contributed by atoms with Crippen molar-refractivity contribution in [3.8, 4) is 0 Å². The molecular formula is C11H18O2. The van der Waals surface area contributed by atoms with E-state index >= 15 is 0 Å². The Morgan fingerprint density at radius 2 is 2.38 bits per heavy atom. The SMILES string of the molecule is C=CC(C)[C@@H]1CC[C@H]1COC(C)=O. The van der Waals surface area contributed by atoms with E-state index in [1.54, 1.807) is 0 Å². The van der Waals surface area contributed by atoms with Crippen LogP contribution in [0.5, 0.6) is 0 Å². The minimum atomic E-state index is -0.170. The number of hydrogen-bond donors (Lipinski definition) is 0. The number of rotatable bonds is 4. The Hall–Kier alpha value is -0.790. The lowest BCUT2D eigenvalue weighted by molar-refractivity contribution is -0.144. The maximum Gasteiger partial charge on any atom is 0.302 e. The maximum absolute atomic E-state index is 10.6. The van der Waals surface area contributed by atoms with Crippen LogP contribution in [-0.4, -0.2) is 12.6 Å². The molecule has 0 saturated heterocycles. The highest BCUT2D eigenvalue weighted by molar-refractivity contribution is 5.65. The number of carbonyl (C=O) groups excluding carboxylic acids is 1. The van der Waals surface area contributed by atoms with E-state index in [-0.39, 0.29) is 5.97 Å². The van der Waals surface area contributed by atoms with Gasteiger partial charge in [-0.1, -0.05) is 13.0 Å². The van der Waals surface area contributed by atoms with E-state index in [4.69, 9.17) is 4.74 Å². The van der Waals surface area contributed by atoms with Gasteiger partial charge in [0.25, 0.3) is 0 Å². The van der Waals surface area contributed by atoms with E-state index in [1.165, 1.54) is 19.8 Å². The van der Waals surface area contributed by atoms with Crippen molar-refractivity contribution in [3.05, 3.63) is 12.7 Å². The molecule has 13 heavy (non-hydrogen) atoms. The Balaban J connectivity index is 2.28. The van der Waals surface area contributed by atoms with Crippen LogP contribution in [0.1, 0.15) is 26.7 Å². The zero-order chi connectivity index (χ0) is 9.84. The van der Waals surface area contributed by atoms with E-state index in [1.807, 2.05) is 6.08 Å². The predicted molar refractivity (Wildman–Crippen MR) is 52.2 cm³/mol. The lowest BCUT2D eigenvalue weighted by atomic mass is 9.68. The van der Waals surface area contributed by atoms with Gasteiger partial charge in [-0.15, -0.1) is 6.58 Å². The minimum absolute atomic E-state index is 0.170. The monoisotopic (exact) mass is 182 g/mol. The molecule has 0 spiro atoms. The molecule has 0 aliphatic heterocycles. The van der Waals surface area contributed by atoms with Gasteiger partial charge < -0.3 is 4.74 Å². The van der Waals surface area contributed by atoms with Crippen molar-refractivity contribution >= 4 is 5.97 Å². The van der Waals surface area contributed by atoms with E-state index in [9.17, 15) is 4.79 Å². The van der Waals surface area contributed by atoms with E-state index in [0.717, 1.165) is 0 Å². The van der Waals surface area contributed by atoms with E-state index in [0.29, 0.717) is 24.4 Å². The normalized spacial score (nSPS) is 28.8. The smallest absolute Gasteiger partial charge is 0.302 e. The lowest BCUT2D eigenvalue weighted by Gasteiger charge is -2.39. The molecule has 1 rings (SSSR count). The summed E-state index contributed by atoms with van der Waals surface area (Å²) in [5, 5.41) is 0. The highest BCUT2D eigenvalue weighted by Gasteiger charge is 2.34. The second kappa shape index (κ2) is 4.45. The summed E-state index contributed by atoms with van der Waals surface area (Å²) >= 11 is 0. The largest absolute Gasteiger partial charge is 0.466 e. The zero-order valence-electron chi connectivity index (χ0n) is 8.45. The van der Waals surface area contributed by atoms with Crippen LogP contribution in [0.2, 0.25) is 0 Å². The van der Waals surface area contributed by atoms with Crippen molar-refractivity contribution in [1.82, 2.24) is 0 Å². The summed E-state index contributed by atoms with van der Waals surface area (Å²) in [6.45, 7) is 8.02. The van der Waals surface area contributed by atoms with Gasteiger partial charge >= 0.3 is 5.97 Å². The lowest BCUT2D eigenvalue weighted by Crippen LogP contribution is -2.34. The van der Waals surface area contributed by atoms with Crippen molar-refractivity contribution in [1.29, 1.82) is 0 Å². The Bertz CT molecular complexity index is 198. The van der Waals surface area contributed by atoms with Crippen LogP contribution in [0.25, 0.3) is 0 Å². The summed E-state index contributed by atoms with van der Waals surface area (Å²) in [5.74, 6) is 1.62. The molecule has 1 saturated carbocycles. The molecule has 0 radical (unpaired) electrons. The molecule has 2 nitrogen and oxygen atoms in total. The summed E-state index contributed by atoms with van der Waals surface area (Å²) in [4.78, 5) is 10.6. The van der Waals surface area contributed by atoms with Crippen LogP contribution in [0.15, 0.2) is 12.7 Å². The Morgan fingerprint density at radius 3 is 2.77 bits per heavy atom. The van der Waals surface area contributed by atoms with E-state index in [2.05, 4.69) is 13.5 Å². The Kier molecular flexibility index (Phi) is 3.52. The fraction of sp³-hybridized carbons (Fsp3) is 0.727. The molecule has 74 valence electrons. The van der Waals surface area contributed by atoms with Gasteiger partial charge in [-0.2, -0.15) is 0 Å². The zero-order valence-corrected chi connectivity index (χ0v) is 8.45. The van der Waals surface area contributed by atoms with Gasteiger partial charge in [0.05, 0.1) is 6.61 Å². The van der Waals surface area contributed by atoms with Gasteiger partial charge in [-0.05, 0) is 30.6 Å². The number of ether oxygens (including phenoxy) is 1. The van der Waals surface area contributed by atoms with Crippen molar-refractivity contribution in [2.24, 2.45) is 17.8 Å². The summed E-state index contributed by atoms with van der Waals surface area (Å²) in [6, 6.07) is 0. The number of hydrogen-bond acceptors (Lipinski definition) is 2. The van der Waals surface area contributed by atoms with Gasteiger partial charge in [0.15, 0.2) is 0 Å². The number of esters is 1. The molecule has 0 aromatic heterocycles. The number of allylic oxidation sites excluding steroid dienone is 1. The molecule has 0 aromatic carbocycles. The predicted octanol–water partition coefficient (Wildman–Crippen LogP) is 2.40. The molecule has 1 unspecified atom stereocenters. The van der Waals surface area contributed by atoms with Crippen LogP contribution < -0.4 is 0 Å².